The van der Waals surface area contributed by atoms with Crippen LogP contribution < -0.4 is 9.64 Å². The van der Waals surface area contributed by atoms with Crippen LogP contribution in [0.2, 0.25) is 0 Å². The van der Waals surface area contributed by atoms with Crippen LogP contribution in [0.5, 0.6) is 5.75 Å². The summed E-state index contributed by atoms with van der Waals surface area (Å²) in [6, 6.07) is 9.66. The highest BCUT2D eigenvalue weighted by Gasteiger charge is 2.36. The number of methoxy groups -OCH3 is 1. The second-order valence-corrected chi connectivity index (χ2v) is 8.48. The SMILES string of the molecule is COc1ccc(C(=O)N2[C@H](C)CN(C(=O)c3ccc4c(c3)N(C)CC4)C[C@H]2C)c(F)c1. The first kappa shape index (κ1) is 21.2. The van der Waals surface area contributed by atoms with Gasteiger partial charge in [-0.05, 0) is 50.1 Å². The molecule has 0 bridgehead atoms. The Bertz CT molecular complexity index is 1010. The number of anilines is 1. The van der Waals surface area contributed by atoms with Crippen LogP contribution in [0, 0.1) is 5.82 Å². The zero-order chi connectivity index (χ0) is 22.3. The molecular formula is C24H28FN3O3. The summed E-state index contributed by atoms with van der Waals surface area (Å²) in [5, 5.41) is 0. The monoisotopic (exact) mass is 425 g/mol. The zero-order valence-electron chi connectivity index (χ0n) is 18.4. The lowest BCUT2D eigenvalue weighted by Gasteiger charge is -2.44. The third-order valence-electron chi connectivity index (χ3n) is 6.31. The molecule has 0 N–H and O–H groups in total. The number of piperazine rings is 1. The maximum atomic E-state index is 14.5. The summed E-state index contributed by atoms with van der Waals surface area (Å²) < 4.78 is 19.5. The molecule has 1 fully saturated rings. The number of benzene rings is 2. The van der Waals surface area contributed by atoms with Crippen LogP contribution in [0.1, 0.15) is 40.1 Å². The molecule has 2 atom stereocenters. The van der Waals surface area contributed by atoms with Crippen molar-refractivity contribution in [2.45, 2.75) is 32.4 Å². The first-order valence-electron chi connectivity index (χ1n) is 10.6. The molecule has 31 heavy (non-hydrogen) atoms. The Balaban J connectivity index is 1.51. The smallest absolute Gasteiger partial charge is 0.257 e. The number of ether oxygens (including phenoxy) is 1. The van der Waals surface area contributed by atoms with E-state index in [2.05, 4.69) is 4.90 Å². The first-order valence-corrected chi connectivity index (χ1v) is 10.6. The first-order chi connectivity index (χ1) is 14.8. The van der Waals surface area contributed by atoms with Gasteiger partial charge in [-0.2, -0.15) is 0 Å². The molecule has 2 aromatic rings. The highest BCUT2D eigenvalue weighted by Crippen LogP contribution is 2.29. The highest BCUT2D eigenvalue weighted by atomic mass is 19.1. The Labute approximate surface area is 182 Å². The van der Waals surface area contributed by atoms with Gasteiger partial charge < -0.3 is 19.4 Å². The van der Waals surface area contributed by atoms with Gasteiger partial charge in [0.15, 0.2) is 0 Å². The average molecular weight is 426 g/mol. The molecule has 2 aliphatic rings. The second-order valence-electron chi connectivity index (χ2n) is 8.48. The molecule has 0 unspecified atom stereocenters. The molecule has 7 heteroatoms. The molecule has 0 aliphatic carbocycles. The Morgan fingerprint density at radius 3 is 2.39 bits per heavy atom. The van der Waals surface area contributed by atoms with E-state index in [0.717, 1.165) is 18.7 Å². The van der Waals surface area contributed by atoms with Gasteiger partial charge in [-0.3, -0.25) is 9.59 Å². The molecule has 1 saturated heterocycles. The van der Waals surface area contributed by atoms with Crippen molar-refractivity contribution in [1.82, 2.24) is 9.80 Å². The van der Waals surface area contributed by atoms with Crippen molar-refractivity contribution < 1.29 is 18.7 Å². The fourth-order valence-electron chi connectivity index (χ4n) is 4.68. The Kier molecular flexibility index (Phi) is 5.60. The van der Waals surface area contributed by atoms with Gasteiger partial charge >= 0.3 is 0 Å². The van der Waals surface area contributed by atoms with Crippen LogP contribution >= 0.6 is 0 Å². The lowest BCUT2D eigenvalue weighted by Crippen LogP contribution is -2.59. The number of likely N-dealkylation sites (N-methyl/N-ethyl adjacent to an activating group) is 1. The normalized spacial score (nSPS) is 20.6. The summed E-state index contributed by atoms with van der Waals surface area (Å²) in [4.78, 5) is 31.9. The maximum absolute atomic E-state index is 14.5. The van der Waals surface area contributed by atoms with E-state index in [9.17, 15) is 14.0 Å². The fraction of sp³-hybridized carbons (Fsp3) is 0.417. The third kappa shape index (κ3) is 3.84. The number of fused-ring (bicyclic) bond motifs is 1. The molecule has 0 spiro atoms. The quantitative estimate of drug-likeness (QED) is 0.758. The Morgan fingerprint density at radius 2 is 1.74 bits per heavy atom. The van der Waals surface area contributed by atoms with Crippen molar-refractivity contribution in [3.63, 3.8) is 0 Å². The van der Waals surface area contributed by atoms with Gasteiger partial charge in [-0.1, -0.05) is 6.07 Å². The zero-order valence-corrected chi connectivity index (χ0v) is 18.4. The van der Waals surface area contributed by atoms with E-state index in [-0.39, 0.29) is 29.5 Å². The molecule has 2 aliphatic heterocycles. The second kappa shape index (κ2) is 8.21. The summed E-state index contributed by atoms with van der Waals surface area (Å²) in [6.07, 6.45) is 0.997. The molecule has 2 heterocycles. The number of rotatable bonds is 3. The molecule has 4 rings (SSSR count). The minimum atomic E-state index is -0.607. The molecular weight excluding hydrogens is 397 g/mol. The fourth-order valence-corrected chi connectivity index (χ4v) is 4.68. The number of carbonyl (C=O) groups is 2. The number of carbonyl (C=O) groups excluding carboxylic acids is 2. The largest absolute Gasteiger partial charge is 0.497 e. The van der Waals surface area contributed by atoms with Gasteiger partial charge in [-0.15, -0.1) is 0 Å². The number of amides is 2. The van der Waals surface area contributed by atoms with E-state index in [1.54, 1.807) is 15.9 Å². The molecule has 2 amide bonds. The van der Waals surface area contributed by atoms with Crippen LogP contribution in [0.4, 0.5) is 10.1 Å². The predicted molar refractivity (Wildman–Crippen MR) is 117 cm³/mol. The van der Waals surface area contributed by atoms with Gasteiger partial charge in [0.05, 0.1) is 12.7 Å². The minimum Gasteiger partial charge on any atom is -0.497 e. The summed E-state index contributed by atoms with van der Waals surface area (Å²) in [5.41, 5.74) is 3.04. The van der Waals surface area contributed by atoms with Crippen molar-refractivity contribution in [2.75, 3.05) is 38.7 Å². The number of hydrogen-bond donors (Lipinski definition) is 0. The van der Waals surface area contributed by atoms with Crippen molar-refractivity contribution in [3.05, 3.63) is 58.9 Å². The van der Waals surface area contributed by atoms with Gasteiger partial charge in [-0.25, -0.2) is 4.39 Å². The summed E-state index contributed by atoms with van der Waals surface area (Å²) >= 11 is 0. The predicted octanol–water partition coefficient (Wildman–Crippen LogP) is 3.20. The van der Waals surface area contributed by atoms with Crippen molar-refractivity contribution >= 4 is 17.5 Å². The summed E-state index contributed by atoms with van der Waals surface area (Å²) in [5.74, 6) is -0.647. The van der Waals surface area contributed by atoms with Crippen LogP contribution in [-0.2, 0) is 6.42 Å². The van der Waals surface area contributed by atoms with Crippen LogP contribution in [0.3, 0.4) is 0 Å². The van der Waals surface area contributed by atoms with E-state index in [0.29, 0.717) is 24.4 Å². The topological polar surface area (TPSA) is 53.1 Å². The van der Waals surface area contributed by atoms with Crippen LogP contribution in [0.25, 0.3) is 0 Å². The van der Waals surface area contributed by atoms with E-state index in [4.69, 9.17) is 4.74 Å². The molecule has 164 valence electrons. The van der Waals surface area contributed by atoms with Crippen molar-refractivity contribution in [1.29, 1.82) is 0 Å². The Morgan fingerprint density at radius 1 is 1.03 bits per heavy atom. The van der Waals surface area contributed by atoms with Crippen LogP contribution in [-0.4, -0.2) is 67.5 Å². The molecule has 0 saturated carbocycles. The highest BCUT2D eigenvalue weighted by molar-refractivity contribution is 5.97. The van der Waals surface area contributed by atoms with Gasteiger partial charge in [0.25, 0.3) is 11.8 Å². The van der Waals surface area contributed by atoms with Crippen LogP contribution in [0.15, 0.2) is 36.4 Å². The molecule has 0 radical (unpaired) electrons. The average Bonchev–Trinajstić information content (AvgIpc) is 3.12. The lowest BCUT2D eigenvalue weighted by molar-refractivity contribution is 0.0251. The minimum absolute atomic E-state index is 0.0148. The summed E-state index contributed by atoms with van der Waals surface area (Å²) in [6.45, 7) is 5.56. The van der Waals surface area contributed by atoms with E-state index >= 15 is 0 Å². The van der Waals surface area contributed by atoms with E-state index in [1.165, 1.54) is 24.8 Å². The van der Waals surface area contributed by atoms with E-state index < -0.39 is 5.82 Å². The molecule has 0 aromatic heterocycles. The third-order valence-corrected chi connectivity index (χ3v) is 6.31. The van der Waals surface area contributed by atoms with Crippen molar-refractivity contribution in [3.8, 4) is 5.75 Å². The molecule has 6 nitrogen and oxygen atoms in total. The lowest BCUT2D eigenvalue weighted by atomic mass is 10.0. The summed E-state index contributed by atoms with van der Waals surface area (Å²) in [7, 11) is 3.49. The van der Waals surface area contributed by atoms with E-state index in [1.807, 2.05) is 39.1 Å². The number of nitrogens with zero attached hydrogens (tertiary/aromatic N) is 3. The Hall–Kier alpha value is -3.09. The number of halogens is 1. The standard InChI is InChI=1S/C24H28FN3O3/c1-15-13-27(23(29)18-6-5-17-9-10-26(3)22(17)11-18)14-16(2)28(15)24(30)20-8-7-19(31-4)12-21(20)25/h5-8,11-12,15-16H,9-10,13-14H2,1-4H3/t15-,16-/m1/s1. The van der Waals surface area contributed by atoms with Crippen molar-refractivity contribution in [2.24, 2.45) is 0 Å². The number of hydrogen-bond acceptors (Lipinski definition) is 4. The maximum Gasteiger partial charge on any atom is 0.257 e. The van der Waals surface area contributed by atoms with Gasteiger partial charge in [0.2, 0.25) is 0 Å². The molecule has 2 aromatic carbocycles. The van der Waals surface area contributed by atoms with Gasteiger partial charge in [0.1, 0.15) is 11.6 Å². The van der Waals surface area contributed by atoms with Gasteiger partial charge in [0, 0.05) is 56.1 Å².